The highest BCUT2D eigenvalue weighted by Crippen LogP contribution is 2.54. The maximum absolute atomic E-state index is 6.79. The average molecular weight is 419 g/mol. The highest BCUT2D eigenvalue weighted by molar-refractivity contribution is 5.65. The third kappa shape index (κ3) is 3.28. The lowest BCUT2D eigenvalue weighted by Crippen LogP contribution is -2.54. The van der Waals surface area contributed by atoms with Crippen LogP contribution in [0.4, 0.5) is 5.69 Å². The number of hydrogen-bond donors (Lipinski definition) is 1. The summed E-state index contributed by atoms with van der Waals surface area (Å²) >= 11 is 0. The molecular weight excluding hydrogens is 384 g/mol. The fourth-order valence-corrected chi connectivity index (χ4v) is 6.11. The van der Waals surface area contributed by atoms with Crippen molar-refractivity contribution in [1.29, 1.82) is 0 Å². The molecule has 4 heteroatoms. The first-order chi connectivity index (χ1) is 15.1. The molecular formula is C27H34N2O2. The smallest absolute Gasteiger partial charge is 0.129 e. The predicted octanol–water partition coefficient (Wildman–Crippen LogP) is 5.05. The highest BCUT2D eigenvalue weighted by Gasteiger charge is 2.57. The Morgan fingerprint density at radius 1 is 1.26 bits per heavy atom. The van der Waals surface area contributed by atoms with Crippen LogP contribution in [-0.2, 0) is 10.2 Å². The van der Waals surface area contributed by atoms with Gasteiger partial charge < -0.3 is 14.8 Å². The molecule has 3 aliphatic rings. The molecule has 6 atom stereocenters. The van der Waals surface area contributed by atoms with Gasteiger partial charge in [-0.15, -0.1) is 6.58 Å². The minimum atomic E-state index is -0.201. The molecule has 5 rings (SSSR count). The van der Waals surface area contributed by atoms with Crippen molar-refractivity contribution in [2.24, 2.45) is 11.8 Å². The summed E-state index contributed by atoms with van der Waals surface area (Å²) in [7, 11) is 1.74. The first-order valence-corrected chi connectivity index (χ1v) is 11.6. The van der Waals surface area contributed by atoms with E-state index >= 15 is 0 Å². The van der Waals surface area contributed by atoms with Crippen LogP contribution in [0.15, 0.2) is 61.2 Å². The molecule has 0 saturated carbocycles. The van der Waals surface area contributed by atoms with E-state index in [1.807, 2.05) is 6.07 Å². The molecule has 2 unspecified atom stereocenters. The van der Waals surface area contributed by atoms with E-state index in [0.717, 1.165) is 30.9 Å². The maximum atomic E-state index is 6.79. The van der Waals surface area contributed by atoms with Crippen molar-refractivity contribution in [3.63, 3.8) is 0 Å². The number of anilines is 1. The number of benzene rings is 2. The molecule has 1 N–H and O–H groups in total. The van der Waals surface area contributed by atoms with Crippen molar-refractivity contribution in [1.82, 2.24) is 4.90 Å². The number of methoxy groups -OCH3 is 1. The quantitative estimate of drug-likeness (QED) is 0.689. The number of nitrogens with zero attached hydrogens (tertiary/aromatic N) is 1. The molecule has 2 bridgehead atoms. The van der Waals surface area contributed by atoms with Gasteiger partial charge in [0.15, 0.2) is 0 Å². The van der Waals surface area contributed by atoms with Crippen LogP contribution in [0, 0.1) is 11.8 Å². The van der Waals surface area contributed by atoms with E-state index in [2.05, 4.69) is 79.2 Å². The van der Waals surface area contributed by atoms with Crippen LogP contribution in [0.5, 0.6) is 5.75 Å². The van der Waals surface area contributed by atoms with Crippen LogP contribution in [0.25, 0.3) is 0 Å². The molecule has 3 heterocycles. The summed E-state index contributed by atoms with van der Waals surface area (Å²) in [5, 5.41) is 3.64. The van der Waals surface area contributed by atoms with Crippen molar-refractivity contribution >= 4 is 5.69 Å². The van der Waals surface area contributed by atoms with Gasteiger partial charge in [-0.05, 0) is 61.1 Å². The zero-order valence-electron chi connectivity index (χ0n) is 18.9. The normalized spacial score (nSPS) is 33.3. The number of ether oxygens (including phenoxy) is 2. The van der Waals surface area contributed by atoms with Gasteiger partial charge in [-0.2, -0.15) is 0 Å². The number of hydrogen-bond acceptors (Lipinski definition) is 4. The highest BCUT2D eigenvalue weighted by atomic mass is 16.5. The first kappa shape index (κ1) is 20.6. The molecule has 31 heavy (non-hydrogen) atoms. The van der Waals surface area contributed by atoms with Crippen LogP contribution in [0.1, 0.15) is 37.8 Å². The number of likely N-dealkylation sites (tertiary alicyclic amines) is 1. The zero-order chi connectivity index (χ0) is 21.6. The van der Waals surface area contributed by atoms with Gasteiger partial charge in [-0.1, -0.05) is 43.3 Å². The summed E-state index contributed by atoms with van der Waals surface area (Å²) < 4.78 is 12.4. The minimum absolute atomic E-state index is 0.0208. The molecule has 164 valence electrons. The molecule has 0 aliphatic carbocycles. The Balaban J connectivity index is 1.60. The molecule has 2 fully saturated rings. The van der Waals surface area contributed by atoms with Gasteiger partial charge in [0, 0.05) is 24.7 Å². The van der Waals surface area contributed by atoms with Crippen molar-refractivity contribution in [3.8, 4) is 5.75 Å². The van der Waals surface area contributed by atoms with Crippen molar-refractivity contribution in [3.05, 3.63) is 72.3 Å². The van der Waals surface area contributed by atoms with E-state index in [1.165, 1.54) is 17.5 Å². The fraction of sp³-hybridized carbons (Fsp3) is 0.481. The Morgan fingerprint density at radius 3 is 2.81 bits per heavy atom. The molecule has 3 aliphatic heterocycles. The minimum Gasteiger partial charge on any atom is -0.497 e. The lowest BCUT2D eigenvalue weighted by Gasteiger charge is -2.46. The molecule has 2 aromatic rings. The van der Waals surface area contributed by atoms with E-state index in [9.17, 15) is 0 Å². The predicted molar refractivity (Wildman–Crippen MR) is 126 cm³/mol. The molecule has 4 nitrogen and oxygen atoms in total. The summed E-state index contributed by atoms with van der Waals surface area (Å²) in [4.78, 5) is 2.63. The van der Waals surface area contributed by atoms with Crippen LogP contribution in [-0.4, -0.2) is 43.5 Å². The van der Waals surface area contributed by atoms with Crippen molar-refractivity contribution < 1.29 is 9.47 Å². The molecule has 0 aromatic heterocycles. The third-order valence-electron chi connectivity index (χ3n) is 7.98. The van der Waals surface area contributed by atoms with Gasteiger partial charge >= 0.3 is 0 Å². The van der Waals surface area contributed by atoms with E-state index in [1.54, 1.807) is 7.11 Å². The third-order valence-corrected chi connectivity index (χ3v) is 7.98. The summed E-state index contributed by atoms with van der Waals surface area (Å²) in [6.07, 6.45) is 4.36. The van der Waals surface area contributed by atoms with E-state index in [4.69, 9.17) is 9.47 Å². The van der Waals surface area contributed by atoms with Gasteiger partial charge in [-0.25, -0.2) is 0 Å². The summed E-state index contributed by atoms with van der Waals surface area (Å²) in [6, 6.07) is 17.6. The lowest BCUT2D eigenvalue weighted by atomic mass is 9.65. The van der Waals surface area contributed by atoms with Gasteiger partial charge in [-0.3, -0.25) is 4.90 Å². The molecule has 2 aromatic carbocycles. The van der Waals surface area contributed by atoms with E-state index in [0.29, 0.717) is 17.9 Å². The van der Waals surface area contributed by atoms with Gasteiger partial charge in [0.25, 0.3) is 0 Å². The second-order valence-electron chi connectivity index (χ2n) is 9.54. The van der Waals surface area contributed by atoms with Crippen LogP contribution in [0.2, 0.25) is 0 Å². The Kier molecular flexibility index (Phi) is 5.31. The number of rotatable bonds is 5. The summed E-state index contributed by atoms with van der Waals surface area (Å²) in [5.41, 5.74) is 3.57. The molecule has 0 radical (unpaired) electrons. The molecule has 0 amide bonds. The average Bonchev–Trinajstić information content (AvgIpc) is 3.14. The van der Waals surface area contributed by atoms with Crippen LogP contribution >= 0.6 is 0 Å². The number of fused-ring (bicyclic) bond motifs is 4. The first-order valence-electron chi connectivity index (χ1n) is 11.6. The molecule has 0 spiro atoms. The molecule has 2 saturated heterocycles. The van der Waals surface area contributed by atoms with E-state index in [-0.39, 0.29) is 17.7 Å². The topological polar surface area (TPSA) is 33.7 Å². The number of nitrogens with one attached hydrogen (secondary N) is 1. The maximum Gasteiger partial charge on any atom is 0.129 e. The fourth-order valence-electron chi connectivity index (χ4n) is 6.11. The summed E-state index contributed by atoms with van der Waals surface area (Å²) in [6.45, 7) is 11.0. The Morgan fingerprint density at radius 2 is 2.06 bits per heavy atom. The van der Waals surface area contributed by atoms with Crippen LogP contribution in [0.3, 0.4) is 0 Å². The second-order valence-corrected chi connectivity index (χ2v) is 9.54. The largest absolute Gasteiger partial charge is 0.497 e. The zero-order valence-corrected chi connectivity index (χ0v) is 18.9. The Hall–Kier alpha value is -2.30. The van der Waals surface area contributed by atoms with E-state index < -0.39 is 0 Å². The van der Waals surface area contributed by atoms with Gasteiger partial charge in [0.2, 0.25) is 0 Å². The Labute approximate surface area is 186 Å². The van der Waals surface area contributed by atoms with Gasteiger partial charge in [0.05, 0.1) is 18.6 Å². The van der Waals surface area contributed by atoms with Crippen molar-refractivity contribution in [2.75, 3.05) is 25.5 Å². The van der Waals surface area contributed by atoms with Crippen LogP contribution < -0.4 is 10.1 Å². The number of piperidine rings is 1. The van der Waals surface area contributed by atoms with Crippen molar-refractivity contribution in [2.45, 2.75) is 50.5 Å². The van der Waals surface area contributed by atoms with Gasteiger partial charge in [0.1, 0.15) is 12.0 Å². The SMILES string of the molecule is C=CC1CN([C@@H](C)[C@@H]2O[C@H]3C[C@]2(c2ccccc2)c2cc(OC)ccc2N3)CCC1C. The monoisotopic (exact) mass is 418 g/mol. The second kappa shape index (κ2) is 7.99. The Bertz CT molecular complexity index is 946. The standard InChI is InChI=1S/C27H34N2O2/c1-5-20-17-29(14-13-18(20)2)19(3)26-27(21-9-7-6-8-10-21)16-25(31-26)28-24-12-11-22(30-4)15-23(24)27/h5-12,15,18-20,25-26,28H,1,13-14,16-17H2,2-4H3/t18?,19-,20?,25-,26-,27-/m0/s1. The summed E-state index contributed by atoms with van der Waals surface area (Å²) in [5.74, 6) is 2.13. The lowest BCUT2D eigenvalue weighted by molar-refractivity contribution is -0.0245.